The van der Waals surface area contributed by atoms with Crippen LogP contribution in [-0.4, -0.2) is 30.0 Å². The maximum Gasteiger partial charge on any atom is 0.408 e. The number of ether oxygens (including phenoxy) is 2. The van der Waals surface area contributed by atoms with E-state index in [1.54, 1.807) is 82.3 Å². The first-order valence-electron chi connectivity index (χ1n) is 8.96. The molecule has 1 N–H and O–H groups in total. The van der Waals surface area contributed by atoms with Crippen molar-refractivity contribution in [1.29, 1.82) is 0 Å². The van der Waals surface area contributed by atoms with Gasteiger partial charge in [-0.15, -0.1) is 0 Å². The molecule has 0 heterocycles. The van der Waals surface area contributed by atoms with E-state index in [9.17, 15) is 14.4 Å². The van der Waals surface area contributed by atoms with Gasteiger partial charge in [-0.05, 0) is 27.7 Å². The van der Waals surface area contributed by atoms with Crippen molar-refractivity contribution in [1.82, 2.24) is 5.32 Å². The molecule has 1 atom stereocenters. The topological polar surface area (TPSA) is 81.7 Å². The monoisotopic (exact) mass is 383 g/mol. The Bertz CT molecular complexity index is 827. The Morgan fingerprint density at radius 2 is 1.36 bits per heavy atom. The number of carbonyl (C=O) groups is 3. The number of benzene rings is 2. The first kappa shape index (κ1) is 21.2. The van der Waals surface area contributed by atoms with Crippen LogP contribution in [-0.2, 0) is 19.9 Å². The Hall–Kier alpha value is -3.15. The zero-order chi connectivity index (χ0) is 20.8. The van der Waals surface area contributed by atoms with E-state index in [-0.39, 0.29) is 5.78 Å². The largest absolute Gasteiger partial charge is 0.445 e. The SMILES string of the molecule is CC(C)(C)OC(=O)NCC(=O)O[C@@](C)(C(=O)c1ccccc1)c1ccccc1. The van der Waals surface area contributed by atoms with Gasteiger partial charge in [0.05, 0.1) is 0 Å². The first-order valence-corrected chi connectivity index (χ1v) is 8.96. The van der Waals surface area contributed by atoms with Gasteiger partial charge in [-0.25, -0.2) is 4.79 Å². The lowest BCUT2D eigenvalue weighted by Crippen LogP contribution is -2.42. The fourth-order valence-corrected chi connectivity index (χ4v) is 2.58. The minimum Gasteiger partial charge on any atom is -0.445 e. The van der Waals surface area contributed by atoms with Crippen molar-refractivity contribution in [3.05, 3.63) is 71.8 Å². The van der Waals surface area contributed by atoms with Gasteiger partial charge in [0.15, 0.2) is 5.60 Å². The lowest BCUT2D eigenvalue weighted by atomic mass is 9.87. The van der Waals surface area contributed by atoms with Crippen LogP contribution in [0.2, 0.25) is 0 Å². The van der Waals surface area contributed by atoms with E-state index in [4.69, 9.17) is 9.47 Å². The number of rotatable bonds is 6. The third kappa shape index (κ3) is 5.67. The molecule has 0 unspecified atom stereocenters. The van der Waals surface area contributed by atoms with Gasteiger partial charge >= 0.3 is 12.1 Å². The number of alkyl carbamates (subject to hydrolysis) is 1. The van der Waals surface area contributed by atoms with E-state index in [0.29, 0.717) is 11.1 Å². The summed E-state index contributed by atoms with van der Waals surface area (Å²) in [4.78, 5) is 37.3. The molecule has 28 heavy (non-hydrogen) atoms. The minimum absolute atomic E-state index is 0.357. The second kappa shape index (κ2) is 8.69. The normalized spacial score (nSPS) is 13.1. The second-order valence-electron chi connectivity index (χ2n) is 7.42. The van der Waals surface area contributed by atoms with Crippen LogP contribution in [0.5, 0.6) is 0 Å². The Kier molecular flexibility index (Phi) is 6.57. The Balaban J connectivity index is 2.18. The maximum absolute atomic E-state index is 13.1. The van der Waals surface area contributed by atoms with Gasteiger partial charge in [-0.3, -0.25) is 9.59 Å². The number of carbonyl (C=O) groups excluding carboxylic acids is 3. The van der Waals surface area contributed by atoms with Crippen LogP contribution in [0, 0.1) is 0 Å². The third-order valence-corrected chi connectivity index (χ3v) is 3.89. The second-order valence-corrected chi connectivity index (χ2v) is 7.42. The van der Waals surface area contributed by atoms with Crippen LogP contribution < -0.4 is 5.32 Å². The molecule has 2 rings (SSSR count). The predicted molar refractivity (Wildman–Crippen MR) is 105 cm³/mol. The number of esters is 1. The molecular formula is C22H25NO5. The van der Waals surface area contributed by atoms with Crippen LogP contribution >= 0.6 is 0 Å². The highest BCUT2D eigenvalue weighted by atomic mass is 16.6. The average Bonchev–Trinajstić information content (AvgIpc) is 2.66. The Labute approximate surface area is 164 Å². The van der Waals surface area contributed by atoms with Crippen molar-refractivity contribution < 1.29 is 23.9 Å². The summed E-state index contributed by atoms with van der Waals surface area (Å²) in [7, 11) is 0. The Morgan fingerprint density at radius 3 is 1.89 bits per heavy atom. The summed E-state index contributed by atoms with van der Waals surface area (Å²) in [5.74, 6) is -1.11. The predicted octanol–water partition coefficient (Wildman–Crippen LogP) is 3.85. The van der Waals surface area contributed by atoms with E-state index < -0.39 is 29.8 Å². The highest BCUT2D eigenvalue weighted by Crippen LogP contribution is 2.30. The first-order chi connectivity index (χ1) is 13.1. The highest BCUT2D eigenvalue weighted by Gasteiger charge is 2.39. The molecule has 148 valence electrons. The molecule has 0 saturated heterocycles. The minimum atomic E-state index is -1.53. The van der Waals surface area contributed by atoms with E-state index in [1.807, 2.05) is 6.07 Å². The van der Waals surface area contributed by atoms with Gasteiger partial charge in [0.1, 0.15) is 12.1 Å². The summed E-state index contributed by atoms with van der Waals surface area (Å²) >= 11 is 0. The molecule has 0 spiro atoms. The molecular weight excluding hydrogens is 358 g/mol. The van der Waals surface area contributed by atoms with Crippen molar-refractivity contribution in [2.45, 2.75) is 38.9 Å². The lowest BCUT2D eigenvalue weighted by Gasteiger charge is -2.29. The molecule has 0 aromatic heterocycles. The number of Topliss-reactive ketones (excluding diaryl/α,β-unsaturated/α-hetero) is 1. The van der Waals surface area contributed by atoms with E-state index in [0.717, 1.165) is 0 Å². The molecule has 0 fully saturated rings. The van der Waals surface area contributed by atoms with Gasteiger partial charge in [-0.2, -0.15) is 0 Å². The van der Waals surface area contributed by atoms with Crippen molar-refractivity contribution in [2.24, 2.45) is 0 Å². The number of amides is 1. The van der Waals surface area contributed by atoms with Gasteiger partial charge in [-0.1, -0.05) is 60.7 Å². The zero-order valence-corrected chi connectivity index (χ0v) is 16.5. The standard InChI is InChI=1S/C22H25NO5/c1-21(2,3)28-20(26)23-15-18(24)27-22(4,17-13-9-6-10-14-17)19(25)16-11-7-5-8-12-16/h5-14H,15H2,1-4H3,(H,23,26)/t22-/m1/s1. The molecule has 2 aromatic carbocycles. The van der Waals surface area contributed by atoms with Gasteiger partial charge in [0, 0.05) is 11.1 Å². The zero-order valence-electron chi connectivity index (χ0n) is 16.5. The molecule has 1 amide bonds. The van der Waals surface area contributed by atoms with Crippen molar-refractivity contribution in [3.8, 4) is 0 Å². The molecule has 6 heteroatoms. The smallest absolute Gasteiger partial charge is 0.408 e. The van der Waals surface area contributed by atoms with Crippen LogP contribution in [0.3, 0.4) is 0 Å². The summed E-state index contributed by atoms with van der Waals surface area (Å²) in [6, 6.07) is 17.4. The van der Waals surface area contributed by atoms with Crippen LogP contribution in [0.15, 0.2) is 60.7 Å². The summed E-state index contributed by atoms with van der Waals surface area (Å²) in [5.41, 5.74) is -1.26. The number of ketones is 1. The van der Waals surface area contributed by atoms with Gasteiger partial charge in [0.25, 0.3) is 0 Å². The molecule has 0 radical (unpaired) electrons. The molecule has 0 saturated carbocycles. The molecule has 0 aliphatic rings. The fraction of sp³-hybridized carbons (Fsp3) is 0.318. The molecule has 6 nitrogen and oxygen atoms in total. The Morgan fingerprint density at radius 1 is 0.821 bits per heavy atom. The number of hydrogen-bond acceptors (Lipinski definition) is 5. The quantitative estimate of drug-likeness (QED) is 0.605. The van der Waals surface area contributed by atoms with Crippen molar-refractivity contribution in [2.75, 3.05) is 6.54 Å². The summed E-state index contributed by atoms with van der Waals surface area (Å²) < 4.78 is 10.7. The van der Waals surface area contributed by atoms with Gasteiger partial charge in [0.2, 0.25) is 5.78 Å². The summed E-state index contributed by atoms with van der Waals surface area (Å²) in [5, 5.41) is 2.34. The van der Waals surface area contributed by atoms with Crippen molar-refractivity contribution >= 4 is 17.8 Å². The molecule has 0 aliphatic carbocycles. The fourth-order valence-electron chi connectivity index (χ4n) is 2.58. The molecule has 2 aromatic rings. The van der Waals surface area contributed by atoms with Crippen LogP contribution in [0.25, 0.3) is 0 Å². The summed E-state index contributed by atoms with van der Waals surface area (Å²) in [6.07, 6.45) is -0.736. The maximum atomic E-state index is 13.1. The van der Waals surface area contributed by atoms with Crippen LogP contribution in [0.1, 0.15) is 43.6 Å². The van der Waals surface area contributed by atoms with Crippen molar-refractivity contribution in [3.63, 3.8) is 0 Å². The third-order valence-electron chi connectivity index (χ3n) is 3.89. The van der Waals surface area contributed by atoms with E-state index in [2.05, 4.69) is 5.32 Å². The van der Waals surface area contributed by atoms with Gasteiger partial charge < -0.3 is 14.8 Å². The lowest BCUT2D eigenvalue weighted by molar-refractivity contribution is -0.153. The van der Waals surface area contributed by atoms with E-state index in [1.165, 1.54) is 0 Å². The number of nitrogens with one attached hydrogen (secondary N) is 1. The molecule has 0 aliphatic heterocycles. The van der Waals surface area contributed by atoms with E-state index >= 15 is 0 Å². The molecule has 0 bridgehead atoms. The van der Waals surface area contributed by atoms with Crippen LogP contribution in [0.4, 0.5) is 4.79 Å². The highest BCUT2D eigenvalue weighted by molar-refractivity contribution is 6.03. The average molecular weight is 383 g/mol. The number of hydrogen-bond donors (Lipinski definition) is 1. The summed E-state index contributed by atoms with van der Waals surface area (Å²) in [6.45, 7) is 6.28.